The first kappa shape index (κ1) is 23.8. The molecule has 1 aliphatic heterocycles. The standard InChI is InChI=1S/C28H30ClN3O3/c29-27-22-10-8-20(19-5-2-1-3-6-19)17-24(22)30-25-18-21(9-11-23(25)27)28(35)32-15-13-31(14-16-32)12-4-7-26(33)34/h1-3,5-6,9,11,18,20H,4,7-8,10,12-17H2,(H,33,34). The van der Waals surface area contributed by atoms with Gasteiger partial charge in [0.1, 0.15) is 0 Å². The smallest absolute Gasteiger partial charge is 0.303 e. The van der Waals surface area contributed by atoms with E-state index in [9.17, 15) is 9.59 Å². The van der Waals surface area contributed by atoms with E-state index >= 15 is 0 Å². The van der Waals surface area contributed by atoms with Gasteiger partial charge in [0.25, 0.3) is 5.91 Å². The van der Waals surface area contributed by atoms with E-state index in [1.165, 1.54) is 5.56 Å². The van der Waals surface area contributed by atoms with Crippen LogP contribution in [0.1, 0.15) is 52.4 Å². The third-order valence-corrected chi connectivity index (χ3v) is 7.76. The lowest BCUT2D eigenvalue weighted by atomic mass is 9.82. The van der Waals surface area contributed by atoms with E-state index < -0.39 is 5.97 Å². The third-order valence-electron chi connectivity index (χ3n) is 7.33. The number of aromatic nitrogens is 1. The highest BCUT2D eigenvalue weighted by Crippen LogP contribution is 2.38. The molecule has 1 amide bonds. The number of carbonyl (C=O) groups excluding carboxylic acids is 1. The number of halogens is 1. The largest absolute Gasteiger partial charge is 0.481 e. The molecule has 5 rings (SSSR count). The van der Waals surface area contributed by atoms with Gasteiger partial charge < -0.3 is 10.0 Å². The van der Waals surface area contributed by atoms with Gasteiger partial charge in [-0.1, -0.05) is 48.0 Å². The second-order valence-corrected chi connectivity index (χ2v) is 9.94. The number of pyridine rings is 1. The molecule has 1 aliphatic carbocycles. The van der Waals surface area contributed by atoms with Crippen LogP contribution in [0.4, 0.5) is 0 Å². The molecule has 3 aromatic rings. The molecule has 35 heavy (non-hydrogen) atoms. The van der Waals surface area contributed by atoms with E-state index in [-0.39, 0.29) is 12.3 Å². The number of aliphatic carboxylic acids is 1. The molecule has 0 spiro atoms. The Morgan fingerprint density at radius 1 is 1.06 bits per heavy atom. The molecule has 1 unspecified atom stereocenters. The Bertz CT molecular complexity index is 1240. The minimum Gasteiger partial charge on any atom is -0.481 e. The second-order valence-electron chi connectivity index (χ2n) is 9.56. The molecule has 0 saturated carbocycles. The first-order valence-electron chi connectivity index (χ1n) is 12.4. The highest BCUT2D eigenvalue weighted by Gasteiger charge is 2.26. The lowest BCUT2D eigenvalue weighted by Gasteiger charge is -2.34. The Labute approximate surface area is 210 Å². The number of benzene rings is 2. The topological polar surface area (TPSA) is 73.7 Å². The zero-order valence-electron chi connectivity index (χ0n) is 19.8. The average molecular weight is 492 g/mol. The summed E-state index contributed by atoms with van der Waals surface area (Å²) in [6.07, 6.45) is 3.64. The number of piperazine rings is 1. The molecule has 2 aliphatic rings. The van der Waals surface area contributed by atoms with E-state index in [1.54, 1.807) is 0 Å². The van der Waals surface area contributed by atoms with Crippen molar-refractivity contribution < 1.29 is 14.7 Å². The summed E-state index contributed by atoms with van der Waals surface area (Å²) in [5.41, 5.74) is 4.94. The summed E-state index contributed by atoms with van der Waals surface area (Å²) in [5, 5.41) is 10.5. The van der Waals surface area contributed by atoms with Crippen molar-refractivity contribution in [2.24, 2.45) is 0 Å². The molecule has 1 N–H and O–H groups in total. The van der Waals surface area contributed by atoms with Crippen molar-refractivity contribution in [3.8, 4) is 0 Å². The van der Waals surface area contributed by atoms with Gasteiger partial charge >= 0.3 is 5.97 Å². The molecule has 2 aromatic carbocycles. The normalized spacial score (nSPS) is 18.4. The fraction of sp³-hybridized carbons (Fsp3) is 0.393. The summed E-state index contributed by atoms with van der Waals surface area (Å²) >= 11 is 6.83. The van der Waals surface area contributed by atoms with Crippen LogP contribution in [-0.4, -0.2) is 64.5 Å². The van der Waals surface area contributed by atoms with E-state index in [0.717, 1.165) is 66.1 Å². The van der Waals surface area contributed by atoms with Crippen molar-refractivity contribution in [2.45, 2.75) is 38.0 Å². The predicted octanol–water partition coefficient (Wildman–Crippen LogP) is 4.78. The molecule has 1 saturated heterocycles. The van der Waals surface area contributed by atoms with Crippen LogP contribution in [0.25, 0.3) is 10.9 Å². The Hall–Kier alpha value is -2.96. The summed E-state index contributed by atoms with van der Waals surface area (Å²) in [7, 11) is 0. The Morgan fingerprint density at radius 3 is 2.57 bits per heavy atom. The molecule has 0 radical (unpaired) electrons. The number of fused-ring (bicyclic) bond motifs is 2. The van der Waals surface area contributed by atoms with Crippen molar-refractivity contribution in [2.75, 3.05) is 32.7 Å². The van der Waals surface area contributed by atoms with Gasteiger partial charge in [-0.25, -0.2) is 0 Å². The fourth-order valence-corrected chi connectivity index (χ4v) is 5.71. The zero-order valence-corrected chi connectivity index (χ0v) is 20.5. The second kappa shape index (κ2) is 10.3. The predicted molar refractivity (Wildman–Crippen MR) is 137 cm³/mol. The Kier molecular flexibility index (Phi) is 7.02. The first-order valence-corrected chi connectivity index (χ1v) is 12.8. The van der Waals surface area contributed by atoms with Crippen LogP contribution in [0.2, 0.25) is 5.02 Å². The van der Waals surface area contributed by atoms with Crippen LogP contribution in [-0.2, 0) is 17.6 Å². The first-order chi connectivity index (χ1) is 17.0. The van der Waals surface area contributed by atoms with E-state index in [2.05, 4.69) is 29.2 Å². The van der Waals surface area contributed by atoms with Gasteiger partial charge in [-0.15, -0.1) is 0 Å². The molecule has 6 nitrogen and oxygen atoms in total. The maximum atomic E-state index is 13.2. The maximum Gasteiger partial charge on any atom is 0.303 e. The molecule has 1 aromatic heterocycles. The van der Waals surface area contributed by atoms with Crippen LogP contribution in [0.15, 0.2) is 48.5 Å². The number of carboxylic acid groups (broad SMARTS) is 1. The van der Waals surface area contributed by atoms with Gasteiger partial charge in [0.15, 0.2) is 0 Å². The van der Waals surface area contributed by atoms with Gasteiger partial charge in [-0.3, -0.25) is 19.5 Å². The van der Waals surface area contributed by atoms with Crippen molar-refractivity contribution in [1.29, 1.82) is 0 Å². The summed E-state index contributed by atoms with van der Waals surface area (Å²) < 4.78 is 0. The van der Waals surface area contributed by atoms with Crippen LogP contribution >= 0.6 is 11.6 Å². The highest BCUT2D eigenvalue weighted by atomic mass is 35.5. The van der Waals surface area contributed by atoms with Crippen LogP contribution in [0.5, 0.6) is 0 Å². The van der Waals surface area contributed by atoms with Gasteiger partial charge in [-0.2, -0.15) is 0 Å². The van der Waals surface area contributed by atoms with Crippen LogP contribution in [0, 0.1) is 0 Å². The number of hydrogen-bond donors (Lipinski definition) is 1. The lowest BCUT2D eigenvalue weighted by molar-refractivity contribution is -0.137. The van der Waals surface area contributed by atoms with E-state index in [4.69, 9.17) is 21.7 Å². The summed E-state index contributed by atoms with van der Waals surface area (Å²) in [4.78, 5) is 33.1. The average Bonchev–Trinajstić information content (AvgIpc) is 2.88. The number of amides is 1. The fourth-order valence-electron chi connectivity index (χ4n) is 5.34. The Morgan fingerprint density at radius 2 is 1.83 bits per heavy atom. The van der Waals surface area contributed by atoms with Crippen molar-refractivity contribution in [3.05, 3.63) is 75.9 Å². The minimum atomic E-state index is -0.763. The molecular weight excluding hydrogens is 462 g/mol. The molecule has 2 heterocycles. The van der Waals surface area contributed by atoms with E-state index in [1.807, 2.05) is 29.2 Å². The van der Waals surface area contributed by atoms with Crippen LogP contribution < -0.4 is 0 Å². The number of nitrogens with zero attached hydrogens (tertiary/aromatic N) is 3. The van der Waals surface area contributed by atoms with Gasteiger partial charge in [0.05, 0.1) is 10.5 Å². The maximum absolute atomic E-state index is 13.2. The summed E-state index contributed by atoms with van der Waals surface area (Å²) in [6.45, 7) is 3.55. The molecule has 1 fully saturated rings. The van der Waals surface area contributed by atoms with Crippen LogP contribution in [0.3, 0.4) is 0 Å². The third kappa shape index (κ3) is 5.19. The van der Waals surface area contributed by atoms with Gasteiger partial charge in [-0.05, 0) is 61.4 Å². The Balaban J connectivity index is 1.31. The van der Waals surface area contributed by atoms with Gasteiger partial charge in [0, 0.05) is 49.2 Å². The summed E-state index contributed by atoms with van der Waals surface area (Å²) in [5.74, 6) is -0.322. The SMILES string of the molecule is O=C(O)CCCN1CCN(C(=O)c2ccc3c(Cl)c4c(nc3c2)CC(c2ccccc2)CC4)CC1. The summed E-state index contributed by atoms with van der Waals surface area (Å²) in [6, 6.07) is 16.2. The van der Waals surface area contributed by atoms with Crippen molar-refractivity contribution >= 4 is 34.4 Å². The number of rotatable bonds is 6. The number of carbonyl (C=O) groups is 2. The van der Waals surface area contributed by atoms with Crippen molar-refractivity contribution in [1.82, 2.24) is 14.8 Å². The number of carboxylic acids is 1. The van der Waals surface area contributed by atoms with Crippen molar-refractivity contribution in [3.63, 3.8) is 0 Å². The number of hydrogen-bond acceptors (Lipinski definition) is 4. The van der Waals surface area contributed by atoms with Gasteiger partial charge in [0.2, 0.25) is 0 Å². The lowest BCUT2D eigenvalue weighted by Crippen LogP contribution is -2.48. The highest BCUT2D eigenvalue weighted by molar-refractivity contribution is 6.36. The molecule has 0 bridgehead atoms. The molecular formula is C28H30ClN3O3. The monoisotopic (exact) mass is 491 g/mol. The molecule has 1 atom stereocenters. The zero-order chi connectivity index (χ0) is 24.4. The quantitative estimate of drug-likeness (QED) is 0.537. The molecule has 182 valence electrons. The minimum absolute atomic E-state index is 0.00916. The molecule has 7 heteroatoms. The van der Waals surface area contributed by atoms with E-state index in [0.29, 0.717) is 31.0 Å².